The summed E-state index contributed by atoms with van der Waals surface area (Å²) < 4.78 is 18.5. The number of furan rings is 1. The van der Waals surface area contributed by atoms with Crippen molar-refractivity contribution in [3.05, 3.63) is 46.9 Å². The molecule has 1 aromatic carbocycles. The van der Waals surface area contributed by atoms with E-state index in [2.05, 4.69) is 0 Å². The normalized spacial score (nSPS) is 10.5. The minimum absolute atomic E-state index is 0.0306. The monoisotopic (exact) mass is 252 g/mol. The SMILES string of the molecule is CC(=O)Cc1ccc(-c2ccc(F)c(Cl)c2)o1. The van der Waals surface area contributed by atoms with Crippen LogP contribution in [0.25, 0.3) is 11.3 Å². The number of hydrogen-bond acceptors (Lipinski definition) is 2. The fourth-order valence-corrected chi connectivity index (χ4v) is 1.70. The number of ketones is 1. The highest BCUT2D eigenvalue weighted by molar-refractivity contribution is 6.31. The summed E-state index contributed by atoms with van der Waals surface area (Å²) in [6, 6.07) is 7.82. The predicted molar refractivity (Wildman–Crippen MR) is 63.5 cm³/mol. The van der Waals surface area contributed by atoms with Crippen molar-refractivity contribution >= 4 is 17.4 Å². The van der Waals surface area contributed by atoms with Crippen LogP contribution in [0.2, 0.25) is 5.02 Å². The molecule has 88 valence electrons. The van der Waals surface area contributed by atoms with Crippen molar-refractivity contribution < 1.29 is 13.6 Å². The molecule has 2 aromatic rings. The van der Waals surface area contributed by atoms with Crippen LogP contribution in [0, 0.1) is 5.82 Å². The van der Waals surface area contributed by atoms with Gasteiger partial charge in [-0.3, -0.25) is 4.79 Å². The highest BCUT2D eigenvalue weighted by Crippen LogP contribution is 2.26. The average Bonchev–Trinajstić information content (AvgIpc) is 2.69. The number of Topliss-reactive ketones (excluding diaryl/α,β-unsaturated/α-hetero) is 1. The van der Waals surface area contributed by atoms with Gasteiger partial charge in [-0.2, -0.15) is 0 Å². The molecule has 1 heterocycles. The molecule has 17 heavy (non-hydrogen) atoms. The Bertz CT molecular complexity index is 560. The maximum Gasteiger partial charge on any atom is 0.141 e. The highest BCUT2D eigenvalue weighted by Gasteiger charge is 2.08. The van der Waals surface area contributed by atoms with Crippen molar-refractivity contribution in [2.75, 3.05) is 0 Å². The molecule has 0 saturated heterocycles. The van der Waals surface area contributed by atoms with Gasteiger partial charge in [0.05, 0.1) is 11.4 Å². The van der Waals surface area contributed by atoms with Crippen LogP contribution < -0.4 is 0 Å². The van der Waals surface area contributed by atoms with Gasteiger partial charge in [0.25, 0.3) is 0 Å². The van der Waals surface area contributed by atoms with E-state index in [4.69, 9.17) is 16.0 Å². The van der Waals surface area contributed by atoms with Gasteiger partial charge in [0.15, 0.2) is 0 Å². The van der Waals surface area contributed by atoms with Gasteiger partial charge < -0.3 is 4.42 Å². The van der Waals surface area contributed by atoms with Crippen LogP contribution in [0.5, 0.6) is 0 Å². The summed E-state index contributed by atoms with van der Waals surface area (Å²) in [5.74, 6) is 0.727. The molecule has 0 amide bonds. The fourth-order valence-electron chi connectivity index (χ4n) is 1.52. The third kappa shape index (κ3) is 2.74. The lowest BCUT2D eigenvalue weighted by Gasteiger charge is -1.99. The molecule has 0 fully saturated rings. The molecular formula is C13H10ClFO2. The first-order valence-electron chi connectivity index (χ1n) is 5.10. The first-order chi connectivity index (χ1) is 8.06. The van der Waals surface area contributed by atoms with E-state index in [1.165, 1.54) is 19.1 Å². The Morgan fingerprint density at radius 3 is 2.76 bits per heavy atom. The quantitative estimate of drug-likeness (QED) is 0.830. The smallest absolute Gasteiger partial charge is 0.141 e. The molecule has 0 aliphatic carbocycles. The zero-order chi connectivity index (χ0) is 12.4. The lowest BCUT2D eigenvalue weighted by molar-refractivity contribution is -0.116. The van der Waals surface area contributed by atoms with Crippen LogP contribution in [0.3, 0.4) is 0 Å². The van der Waals surface area contributed by atoms with E-state index in [-0.39, 0.29) is 17.2 Å². The van der Waals surface area contributed by atoms with Crippen molar-refractivity contribution in [1.29, 1.82) is 0 Å². The second kappa shape index (κ2) is 4.72. The Morgan fingerprint density at radius 1 is 1.35 bits per heavy atom. The summed E-state index contributed by atoms with van der Waals surface area (Å²) in [5.41, 5.74) is 0.686. The molecule has 4 heteroatoms. The van der Waals surface area contributed by atoms with Gasteiger partial charge >= 0.3 is 0 Å². The van der Waals surface area contributed by atoms with Gasteiger partial charge in [-0.15, -0.1) is 0 Å². The first kappa shape index (κ1) is 11.9. The summed E-state index contributed by atoms with van der Waals surface area (Å²) in [7, 11) is 0. The molecule has 0 bridgehead atoms. The van der Waals surface area contributed by atoms with Gasteiger partial charge in [-0.25, -0.2) is 4.39 Å². The zero-order valence-electron chi connectivity index (χ0n) is 9.17. The van der Waals surface area contributed by atoms with Crippen LogP contribution in [-0.4, -0.2) is 5.78 Å². The lowest BCUT2D eigenvalue weighted by Crippen LogP contribution is -1.93. The molecular weight excluding hydrogens is 243 g/mol. The molecule has 0 spiro atoms. The van der Waals surface area contributed by atoms with Gasteiger partial charge in [-0.1, -0.05) is 11.6 Å². The average molecular weight is 253 g/mol. The Kier molecular flexibility index (Phi) is 3.29. The first-order valence-corrected chi connectivity index (χ1v) is 5.47. The van der Waals surface area contributed by atoms with E-state index in [1.54, 1.807) is 18.2 Å². The molecule has 1 aromatic heterocycles. The predicted octanol–water partition coefficient (Wildman–Crippen LogP) is 3.87. The fraction of sp³-hybridized carbons (Fsp3) is 0.154. The maximum atomic E-state index is 13.0. The van der Waals surface area contributed by atoms with E-state index in [0.717, 1.165) is 0 Å². The number of rotatable bonds is 3. The maximum absolute atomic E-state index is 13.0. The van der Waals surface area contributed by atoms with E-state index in [0.29, 0.717) is 17.1 Å². The second-order valence-corrected chi connectivity index (χ2v) is 4.18. The van der Waals surface area contributed by atoms with Crippen LogP contribution in [0.1, 0.15) is 12.7 Å². The summed E-state index contributed by atoms with van der Waals surface area (Å²) in [5, 5.41) is 0.0482. The van der Waals surface area contributed by atoms with Crippen molar-refractivity contribution in [3.63, 3.8) is 0 Å². The summed E-state index contributed by atoms with van der Waals surface area (Å²) in [6.45, 7) is 1.50. The third-order valence-electron chi connectivity index (χ3n) is 2.29. The number of carbonyl (C=O) groups excluding carboxylic acids is 1. The Balaban J connectivity index is 2.30. The van der Waals surface area contributed by atoms with Gasteiger partial charge in [-0.05, 0) is 37.3 Å². The molecule has 0 N–H and O–H groups in total. The van der Waals surface area contributed by atoms with Crippen molar-refractivity contribution in [2.24, 2.45) is 0 Å². The second-order valence-electron chi connectivity index (χ2n) is 3.77. The zero-order valence-corrected chi connectivity index (χ0v) is 9.92. The number of hydrogen-bond donors (Lipinski definition) is 0. The minimum Gasteiger partial charge on any atom is -0.461 e. The van der Waals surface area contributed by atoms with Crippen LogP contribution >= 0.6 is 11.6 Å². The molecule has 0 aliphatic heterocycles. The number of benzene rings is 1. The summed E-state index contributed by atoms with van der Waals surface area (Å²) in [4.78, 5) is 10.9. The Labute approximate surface area is 103 Å². The van der Waals surface area contributed by atoms with E-state index >= 15 is 0 Å². The van der Waals surface area contributed by atoms with Crippen molar-refractivity contribution in [1.82, 2.24) is 0 Å². The molecule has 0 radical (unpaired) electrons. The van der Waals surface area contributed by atoms with Crippen molar-refractivity contribution in [3.8, 4) is 11.3 Å². The van der Waals surface area contributed by atoms with Crippen LogP contribution in [-0.2, 0) is 11.2 Å². The molecule has 2 nitrogen and oxygen atoms in total. The van der Waals surface area contributed by atoms with E-state index in [1.807, 2.05) is 0 Å². The van der Waals surface area contributed by atoms with E-state index < -0.39 is 5.82 Å². The standard InChI is InChI=1S/C13H10ClFO2/c1-8(16)6-10-3-5-13(17-10)9-2-4-12(15)11(14)7-9/h2-5,7H,6H2,1H3. The Morgan fingerprint density at radius 2 is 2.12 bits per heavy atom. The van der Waals surface area contributed by atoms with E-state index in [9.17, 15) is 9.18 Å². The molecule has 0 aliphatic rings. The number of carbonyl (C=O) groups is 1. The lowest BCUT2D eigenvalue weighted by atomic mass is 10.2. The Hall–Kier alpha value is -1.61. The largest absolute Gasteiger partial charge is 0.461 e. The molecule has 0 unspecified atom stereocenters. The van der Waals surface area contributed by atoms with Crippen LogP contribution in [0.4, 0.5) is 4.39 Å². The van der Waals surface area contributed by atoms with Crippen molar-refractivity contribution in [2.45, 2.75) is 13.3 Å². The van der Waals surface area contributed by atoms with Gasteiger partial charge in [0, 0.05) is 5.56 Å². The topological polar surface area (TPSA) is 30.2 Å². The minimum atomic E-state index is -0.467. The number of halogens is 2. The van der Waals surface area contributed by atoms with Gasteiger partial charge in [0.2, 0.25) is 0 Å². The summed E-state index contributed by atoms with van der Waals surface area (Å²) >= 11 is 5.68. The molecule has 0 atom stereocenters. The third-order valence-corrected chi connectivity index (χ3v) is 2.58. The van der Waals surface area contributed by atoms with Gasteiger partial charge in [0.1, 0.15) is 23.1 Å². The van der Waals surface area contributed by atoms with Crippen LogP contribution in [0.15, 0.2) is 34.7 Å². The highest BCUT2D eigenvalue weighted by atomic mass is 35.5. The molecule has 0 saturated carbocycles. The molecule has 2 rings (SSSR count). The summed E-state index contributed by atoms with van der Waals surface area (Å²) in [6.07, 6.45) is 0.259.